The summed E-state index contributed by atoms with van der Waals surface area (Å²) in [7, 11) is 0. The normalized spacial score (nSPS) is 10.1. The maximum atomic E-state index is 11.0. The molecule has 2 aromatic heterocycles. The predicted molar refractivity (Wildman–Crippen MR) is 55.1 cm³/mol. The van der Waals surface area contributed by atoms with E-state index in [0.29, 0.717) is 10.4 Å². The zero-order chi connectivity index (χ0) is 10.8. The fraction of sp³-hybridized carbons (Fsp3) is 0. The standard InChI is InChI=1S/C9H6N2O3S/c12-8-1-5(9(13)14)6(2-11-8)7-3-10-4-15-7/h1-4H,(H,11,12)(H,13,14). The van der Waals surface area contributed by atoms with Gasteiger partial charge in [0.1, 0.15) is 0 Å². The lowest BCUT2D eigenvalue weighted by Gasteiger charge is -2.01. The van der Waals surface area contributed by atoms with Crippen molar-refractivity contribution in [3.8, 4) is 10.4 Å². The second-order valence-electron chi connectivity index (χ2n) is 2.80. The summed E-state index contributed by atoms with van der Waals surface area (Å²) in [5.41, 5.74) is 1.64. The van der Waals surface area contributed by atoms with Crippen molar-refractivity contribution in [2.75, 3.05) is 0 Å². The maximum absolute atomic E-state index is 11.0. The maximum Gasteiger partial charge on any atom is 0.336 e. The highest BCUT2D eigenvalue weighted by Gasteiger charge is 2.13. The Morgan fingerprint density at radius 2 is 2.33 bits per heavy atom. The van der Waals surface area contributed by atoms with Crippen molar-refractivity contribution in [1.29, 1.82) is 0 Å². The molecule has 0 amide bonds. The van der Waals surface area contributed by atoms with Crippen LogP contribution in [0.15, 0.2) is 28.8 Å². The van der Waals surface area contributed by atoms with Crippen molar-refractivity contribution in [3.05, 3.63) is 39.9 Å². The first-order chi connectivity index (χ1) is 7.18. The minimum atomic E-state index is -1.12. The minimum Gasteiger partial charge on any atom is -0.478 e. The number of hydrogen-bond donors (Lipinski definition) is 2. The largest absolute Gasteiger partial charge is 0.478 e. The summed E-state index contributed by atoms with van der Waals surface area (Å²) in [4.78, 5) is 28.9. The van der Waals surface area contributed by atoms with Gasteiger partial charge in [0, 0.05) is 24.0 Å². The molecule has 5 nitrogen and oxygen atoms in total. The number of rotatable bonds is 2. The number of aromatic carboxylic acids is 1. The Kier molecular flexibility index (Phi) is 2.34. The van der Waals surface area contributed by atoms with E-state index in [2.05, 4.69) is 9.97 Å². The summed E-state index contributed by atoms with van der Waals surface area (Å²) in [5.74, 6) is -1.12. The van der Waals surface area contributed by atoms with Gasteiger partial charge in [-0.2, -0.15) is 0 Å². The van der Waals surface area contributed by atoms with Crippen molar-refractivity contribution >= 4 is 17.3 Å². The van der Waals surface area contributed by atoms with E-state index >= 15 is 0 Å². The number of carboxylic acids is 1. The molecule has 0 aliphatic rings. The molecular weight excluding hydrogens is 216 g/mol. The molecule has 0 spiro atoms. The lowest BCUT2D eigenvalue weighted by Crippen LogP contribution is -2.10. The molecule has 15 heavy (non-hydrogen) atoms. The molecule has 0 aliphatic carbocycles. The second-order valence-corrected chi connectivity index (χ2v) is 3.68. The van der Waals surface area contributed by atoms with Crippen LogP contribution in [-0.2, 0) is 0 Å². The molecule has 0 fully saturated rings. The SMILES string of the molecule is O=C(O)c1cc(=O)[nH]cc1-c1cncs1. The summed E-state index contributed by atoms with van der Waals surface area (Å²) in [5, 5.41) is 8.92. The van der Waals surface area contributed by atoms with Crippen molar-refractivity contribution in [1.82, 2.24) is 9.97 Å². The van der Waals surface area contributed by atoms with Crippen LogP contribution in [0.3, 0.4) is 0 Å². The topological polar surface area (TPSA) is 83.0 Å². The molecule has 2 N–H and O–H groups in total. The fourth-order valence-corrected chi connectivity index (χ4v) is 1.85. The number of aromatic amines is 1. The van der Waals surface area contributed by atoms with E-state index in [-0.39, 0.29) is 5.56 Å². The Hall–Kier alpha value is -1.95. The van der Waals surface area contributed by atoms with Crippen molar-refractivity contribution in [3.63, 3.8) is 0 Å². The number of aromatic nitrogens is 2. The number of thiazole rings is 1. The van der Waals surface area contributed by atoms with Gasteiger partial charge in [0.15, 0.2) is 0 Å². The molecule has 0 unspecified atom stereocenters. The van der Waals surface area contributed by atoms with Crippen LogP contribution >= 0.6 is 11.3 Å². The number of carboxylic acid groups (broad SMARTS) is 1. The Balaban J connectivity index is 2.66. The summed E-state index contributed by atoms with van der Waals surface area (Å²) < 4.78 is 0. The molecule has 2 rings (SSSR count). The molecule has 0 bridgehead atoms. The third kappa shape index (κ3) is 1.79. The first kappa shape index (κ1) is 9.60. The molecule has 0 aromatic carbocycles. The molecular formula is C9H6N2O3S. The van der Waals surface area contributed by atoms with Gasteiger partial charge < -0.3 is 10.1 Å². The molecule has 0 atom stereocenters. The smallest absolute Gasteiger partial charge is 0.336 e. The molecule has 6 heteroatoms. The first-order valence-electron chi connectivity index (χ1n) is 4.03. The second kappa shape index (κ2) is 3.66. The van der Waals surface area contributed by atoms with Crippen LogP contribution < -0.4 is 5.56 Å². The first-order valence-corrected chi connectivity index (χ1v) is 4.91. The van der Waals surface area contributed by atoms with Crippen molar-refractivity contribution in [2.24, 2.45) is 0 Å². The van der Waals surface area contributed by atoms with Gasteiger partial charge in [-0.3, -0.25) is 9.78 Å². The molecule has 0 saturated heterocycles. The molecule has 76 valence electrons. The van der Waals surface area contributed by atoms with Crippen LogP contribution in [0.4, 0.5) is 0 Å². The number of nitrogens with one attached hydrogen (secondary N) is 1. The summed E-state index contributed by atoms with van der Waals surface area (Å²) in [6.45, 7) is 0. The Labute approximate surface area is 88.1 Å². The minimum absolute atomic E-state index is 0.0111. The number of H-pyrrole nitrogens is 1. The van der Waals surface area contributed by atoms with Crippen LogP contribution in [0.2, 0.25) is 0 Å². The lowest BCUT2D eigenvalue weighted by molar-refractivity contribution is 0.0697. The van der Waals surface area contributed by atoms with Gasteiger partial charge in [-0.25, -0.2) is 4.79 Å². The van der Waals surface area contributed by atoms with Gasteiger partial charge in [0.05, 0.1) is 16.0 Å². The molecule has 0 aliphatic heterocycles. The average Bonchev–Trinajstić information content (AvgIpc) is 2.70. The third-order valence-electron chi connectivity index (χ3n) is 1.85. The van der Waals surface area contributed by atoms with E-state index < -0.39 is 11.5 Å². The number of carbonyl (C=O) groups is 1. The third-order valence-corrected chi connectivity index (χ3v) is 2.66. The Bertz CT molecular complexity index is 545. The van der Waals surface area contributed by atoms with Gasteiger partial charge in [-0.1, -0.05) is 0 Å². The Morgan fingerprint density at radius 1 is 1.53 bits per heavy atom. The number of hydrogen-bond acceptors (Lipinski definition) is 4. The van der Waals surface area contributed by atoms with Gasteiger partial charge in [0.2, 0.25) is 5.56 Å². The van der Waals surface area contributed by atoms with Gasteiger partial charge >= 0.3 is 5.97 Å². The number of nitrogens with zero attached hydrogens (tertiary/aromatic N) is 1. The highest BCUT2D eigenvalue weighted by Crippen LogP contribution is 2.25. The average molecular weight is 222 g/mol. The van der Waals surface area contributed by atoms with Crippen LogP contribution in [0, 0.1) is 0 Å². The molecule has 2 aromatic rings. The van der Waals surface area contributed by atoms with E-state index in [0.717, 1.165) is 6.07 Å². The fourth-order valence-electron chi connectivity index (χ4n) is 1.20. The van der Waals surface area contributed by atoms with Crippen LogP contribution in [0.1, 0.15) is 10.4 Å². The molecule has 2 heterocycles. The van der Waals surface area contributed by atoms with Gasteiger partial charge in [-0.05, 0) is 0 Å². The van der Waals surface area contributed by atoms with E-state index in [1.54, 1.807) is 11.7 Å². The highest BCUT2D eigenvalue weighted by atomic mass is 32.1. The summed E-state index contributed by atoms with van der Waals surface area (Å²) in [6, 6.07) is 1.07. The summed E-state index contributed by atoms with van der Waals surface area (Å²) >= 11 is 1.32. The number of pyridine rings is 1. The van der Waals surface area contributed by atoms with E-state index in [9.17, 15) is 9.59 Å². The monoisotopic (exact) mass is 222 g/mol. The van der Waals surface area contributed by atoms with Crippen LogP contribution in [0.5, 0.6) is 0 Å². The van der Waals surface area contributed by atoms with Crippen molar-refractivity contribution < 1.29 is 9.90 Å². The van der Waals surface area contributed by atoms with E-state index in [1.807, 2.05) is 0 Å². The van der Waals surface area contributed by atoms with Crippen LogP contribution in [-0.4, -0.2) is 21.0 Å². The zero-order valence-electron chi connectivity index (χ0n) is 7.43. The zero-order valence-corrected chi connectivity index (χ0v) is 8.25. The molecule has 0 saturated carbocycles. The molecule has 0 radical (unpaired) electrons. The van der Waals surface area contributed by atoms with E-state index in [1.165, 1.54) is 17.5 Å². The Morgan fingerprint density at radius 3 is 2.93 bits per heavy atom. The van der Waals surface area contributed by atoms with Crippen LogP contribution in [0.25, 0.3) is 10.4 Å². The predicted octanol–water partition coefficient (Wildman–Crippen LogP) is 1.20. The van der Waals surface area contributed by atoms with Gasteiger partial charge in [-0.15, -0.1) is 11.3 Å². The van der Waals surface area contributed by atoms with E-state index in [4.69, 9.17) is 5.11 Å². The lowest BCUT2D eigenvalue weighted by atomic mass is 10.1. The highest BCUT2D eigenvalue weighted by molar-refractivity contribution is 7.13. The summed E-state index contributed by atoms with van der Waals surface area (Å²) in [6.07, 6.45) is 2.95. The van der Waals surface area contributed by atoms with Crippen molar-refractivity contribution in [2.45, 2.75) is 0 Å². The quantitative estimate of drug-likeness (QED) is 0.799. The van der Waals surface area contributed by atoms with Gasteiger partial charge in [0.25, 0.3) is 0 Å².